The minimum Gasteiger partial charge on any atom is -0.381 e. The summed E-state index contributed by atoms with van der Waals surface area (Å²) >= 11 is 0. The lowest BCUT2D eigenvalue weighted by Gasteiger charge is -2.35. The molecule has 0 aromatic heterocycles. The van der Waals surface area contributed by atoms with Gasteiger partial charge in [-0.05, 0) is 37.8 Å². The van der Waals surface area contributed by atoms with E-state index in [0.29, 0.717) is 12.5 Å². The molecular formula is C19H29N3O2. The molecule has 0 saturated carbocycles. The van der Waals surface area contributed by atoms with Crippen molar-refractivity contribution in [3.63, 3.8) is 0 Å². The monoisotopic (exact) mass is 331 g/mol. The molecule has 1 aromatic rings. The highest BCUT2D eigenvalue weighted by Gasteiger charge is 2.23. The molecule has 2 aliphatic heterocycles. The van der Waals surface area contributed by atoms with E-state index in [1.165, 1.54) is 12.0 Å². The van der Waals surface area contributed by atoms with Gasteiger partial charge in [0.05, 0.1) is 13.2 Å². The Bertz CT molecular complexity index is 562. The highest BCUT2D eigenvalue weighted by atomic mass is 16.5. The van der Waals surface area contributed by atoms with E-state index in [9.17, 15) is 4.79 Å². The lowest BCUT2D eigenvalue weighted by Crippen LogP contribution is -2.49. The summed E-state index contributed by atoms with van der Waals surface area (Å²) in [6.07, 6.45) is 1.19. The van der Waals surface area contributed by atoms with E-state index in [0.717, 1.165) is 57.2 Å². The van der Waals surface area contributed by atoms with Gasteiger partial charge in [-0.25, -0.2) is 0 Å². The van der Waals surface area contributed by atoms with Crippen molar-refractivity contribution >= 4 is 11.6 Å². The van der Waals surface area contributed by atoms with Crippen molar-refractivity contribution in [2.24, 2.45) is 5.92 Å². The van der Waals surface area contributed by atoms with Gasteiger partial charge >= 0.3 is 0 Å². The predicted octanol–water partition coefficient (Wildman–Crippen LogP) is 1.90. The minimum atomic E-state index is 0.0830. The van der Waals surface area contributed by atoms with E-state index in [-0.39, 0.29) is 5.91 Å². The number of aryl methyl sites for hydroxylation is 2. The molecule has 132 valence electrons. The van der Waals surface area contributed by atoms with E-state index in [1.54, 1.807) is 0 Å². The molecule has 0 spiro atoms. The summed E-state index contributed by atoms with van der Waals surface area (Å²) < 4.78 is 5.46. The molecule has 3 rings (SSSR count). The van der Waals surface area contributed by atoms with Crippen LogP contribution in [-0.4, -0.2) is 68.2 Å². The topological polar surface area (TPSA) is 44.8 Å². The lowest BCUT2D eigenvalue weighted by atomic mass is 10.1. The number of carbonyl (C=O) groups excluding carboxylic acids is 1. The first-order chi connectivity index (χ1) is 11.6. The van der Waals surface area contributed by atoms with Crippen LogP contribution in [0.3, 0.4) is 0 Å². The van der Waals surface area contributed by atoms with Crippen LogP contribution >= 0.6 is 0 Å². The fourth-order valence-electron chi connectivity index (χ4n) is 3.57. The number of anilines is 1. The largest absolute Gasteiger partial charge is 0.381 e. The Labute approximate surface area is 145 Å². The van der Waals surface area contributed by atoms with Crippen LogP contribution in [0, 0.1) is 19.8 Å². The molecular weight excluding hydrogens is 302 g/mol. The maximum absolute atomic E-state index is 12.3. The Morgan fingerprint density at radius 3 is 2.62 bits per heavy atom. The molecule has 1 atom stereocenters. The van der Waals surface area contributed by atoms with Gasteiger partial charge < -0.3 is 15.0 Å². The van der Waals surface area contributed by atoms with Gasteiger partial charge in [0.15, 0.2) is 0 Å². The van der Waals surface area contributed by atoms with Crippen molar-refractivity contribution < 1.29 is 9.53 Å². The Kier molecular flexibility index (Phi) is 5.87. The van der Waals surface area contributed by atoms with Gasteiger partial charge in [0, 0.05) is 45.0 Å². The first kappa shape index (κ1) is 17.4. The molecule has 1 amide bonds. The van der Waals surface area contributed by atoms with E-state index < -0.39 is 0 Å². The van der Waals surface area contributed by atoms with Crippen LogP contribution in [-0.2, 0) is 9.53 Å². The van der Waals surface area contributed by atoms with Gasteiger partial charge in [0.2, 0.25) is 5.91 Å². The van der Waals surface area contributed by atoms with Crippen molar-refractivity contribution in [2.45, 2.75) is 20.3 Å². The molecule has 0 radical (unpaired) electrons. The van der Waals surface area contributed by atoms with Crippen molar-refractivity contribution in [3.8, 4) is 0 Å². The average Bonchev–Trinajstić information content (AvgIpc) is 3.05. The maximum atomic E-state index is 12.3. The minimum absolute atomic E-state index is 0.0830. The molecule has 1 aromatic carbocycles. The van der Waals surface area contributed by atoms with Gasteiger partial charge in [-0.15, -0.1) is 0 Å². The fraction of sp³-hybridized carbons (Fsp3) is 0.632. The SMILES string of the molecule is Cc1ccc(NC(=O)CN2CCN(C[C@H]3CCOC3)CC2)c(C)c1. The van der Waals surface area contributed by atoms with Crippen molar-refractivity contribution in [1.29, 1.82) is 0 Å². The third-order valence-electron chi connectivity index (χ3n) is 5.03. The zero-order valence-corrected chi connectivity index (χ0v) is 14.9. The number of rotatable bonds is 5. The van der Waals surface area contributed by atoms with Crippen molar-refractivity contribution in [2.75, 3.05) is 57.8 Å². The van der Waals surface area contributed by atoms with Crippen molar-refractivity contribution in [1.82, 2.24) is 9.80 Å². The molecule has 2 fully saturated rings. The summed E-state index contributed by atoms with van der Waals surface area (Å²) in [5.74, 6) is 0.781. The average molecular weight is 331 g/mol. The van der Waals surface area contributed by atoms with Crippen LogP contribution in [0.1, 0.15) is 17.5 Å². The molecule has 24 heavy (non-hydrogen) atoms. The summed E-state index contributed by atoms with van der Waals surface area (Å²) in [6, 6.07) is 6.12. The Morgan fingerprint density at radius 1 is 1.21 bits per heavy atom. The smallest absolute Gasteiger partial charge is 0.238 e. The van der Waals surface area contributed by atoms with Gasteiger partial charge in [0.25, 0.3) is 0 Å². The first-order valence-electron chi connectivity index (χ1n) is 9.00. The molecule has 0 unspecified atom stereocenters. The fourth-order valence-corrected chi connectivity index (χ4v) is 3.57. The van der Waals surface area contributed by atoms with Crippen LogP contribution in [0.25, 0.3) is 0 Å². The first-order valence-corrected chi connectivity index (χ1v) is 9.00. The standard InChI is InChI=1S/C19H29N3O2/c1-15-3-4-18(16(2)11-15)20-19(23)13-22-8-6-21(7-9-22)12-17-5-10-24-14-17/h3-4,11,17H,5-10,12-14H2,1-2H3,(H,20,23)/t17-/m1/s1. The van der Waals surface area contributed by atoms with Gasteiger partial charge in [-0.2, -0.15) is 0 Å². The summed E-state index contributed by atoms with van der Waals surface area (Å²) in [7, 11) is 0. The van der Waals surface area contributed by atoms with Crippen LogP contribution < -0.4 is 5.32 Å². The number of benzene rings is 1. The van der Waals surface area contributed by atoms with Crippen LogP contribution in [0.15, 0.2) is 18.2 Å². The zero-order valence-electron chi connectivity index (χ0n) is 14.9. The lowest BCUT2D eigenvalue weighted by molar-refractivity contribution is -0.117. The Balaban J connectivity index is 1.41. The van der Waals surface area contributed by atoms with Crippen LogP contribution in [0.5, 0.6) is 0 Å². The molecule has 2 saturated heterocycles. The van der Waals surface area contributed by atoms with E-state index in [1.807, 2.05) is 19.1 Å². The third-order valence-corrected chi connectivity index (χ3v) is 5.03. The number of nitrogens with one attached hydrogen (secondary N) is 1. The maximum Gasteiger partial charge on any atom is 0.238 e. The third kappa shape index (κ3) is 4.79. The molecule has 0 bridgehead atoms. The second-order valence-electron chi connectivity index (χ2n) is 7.17. The van der Waals surface area contributed by atoms with Gasteiger partial charge in [-0.3, -0.25) is 9.69 Å². The Morgan fingerprint density at radius 2 is 1.96 bits per heavy atom. The number of hydrogen-bond donors (Lipinski definition) is 1. The number of nitrogens with zero attached hydrogens (tertiary/aromatic N) is 2. The summed E-state index contributed by atoms with van der Waals surface area (Å²) in [5.41, 5.74) is 3.26. The Hall–Kier alpha value is -1.43. The molecule has 1 N–H and O–H groups in total. The predicted molar refractivity (Wildman–Crippen MR) is 96.4 cm³/mol. The van der Waals surface area contributed by atoms with E-state index in [4.69, 9.17) is 4.74 Å². The second kappa shape index (κ2) is 8.10. The second-order valence-corrected chi connectivity index (χ2v) is 7.17. The summed E-state index contributed by atoms with van der Waals surface area (Å²) in [5, 5.41) is 3.04. The van der Waals surface area contributed by atoms with E-state index in [2.05, 4.69) is 28.1 Å². The highest BCUT2D eigenvalue weighted by Crippen LogP contribution is 2.17. The van der Waals surface area contributed by atoms with Crippen LogP contribution in [0.2, 0.25) is 0 Å². The highest BCUT2D eigenvalue weighted by molar-refractivity contribution is 5.93. The normalized spacial score (nSPS) is 22.7. The molecule has 5 heteroatoms. The molecule has 2 heterocycles. The number of ether oxygens (including phenoxy) is 1. The molecule has 2 aliphatic rings. The van der Waals surface area contributed by atoms with Gasteiger partial charge in [0.1, 0.15) is 0 Å². The molecule has 0 aliphatic carbocycles. The number of carbonyl (C=O) groups is 1. The number of amides is 1. The summed E-state index contributed by atoms with van der Waals surface area (Å²) in [4.78, 5) is 17.1. The quantitative estimate of drug-likeness (QED) is 0.895. The van der Waals surface area contributed by atoms with E-state index >= 15 is 0 Å². The number of piperazine rings is 1. The number of hydrogen-bond acceptors (Lipinski definition) is 4. The van der Waals surface area contributed by atoms with Crippen molar-refractivity contribution in [3.05, 3.63) is 29.3 Å². The van der Waals surface area contributed by atoms with Crippen LogP contribution in [0.4, 0.5) is 5.69 Å². The molecule has 5 nitrogen and oxygen atoms in total. The van der Waals surface area contributed by atoms with Gasteiger partial charge in [-0.1, -0.05) is 17.7 Å². The summed E-state index contributed by atoms with van der Waals surface area (Å²) in [6.45, 7) is 11.6. The zero-order chi connectivity index (χ0) is 16.9.